The van der Waals surface area contributed by atoms with Crippen LogP contribution < -0.4 is 10.6 Å². The first-order chi connectivity index (χ1) is 9.92. The van der Waals surface area contributed by atoms with Crippen LogP contribution in [0.25, 0.3) is 0 Å². The Morgan fingerprint density at radius 3 is 2.57 bits per heavy atom. The average molecular weight is 352 g/mol. The summed E-state index contributed by atoms with van der Waals surface area (Å²) in [6.07, 6.45) is 0. The molecule has 0 atom stereocenters. The highest BCUT2D eigenvalue weighted by atomic mass is 79.9. The van der Waals surface area contributed by atoms with E-state index in [9.17, 15) is 10.1 Å². The Kier molecular flexibility index (Phi) is 4.37. The molecule has 0 saturated carbocycles. The minimum Gasteiger partial charge on any atom is -0.357 e. The Balaban J connectivity index is 2.51. The number of nitrogens with zero attached hydrogens (tertiary/aromatic N) is 3. The van der Waals surface area contributed by atoms with Crippen molar-refractivity contribution in [1.29, 1.82) is 0 Å². The zero-order valence-corrected chi connectivity index (χ0v) is 13.4. The van der Waals surface area contributed by atoms with Gasteiger partial charge in [0, 0.05) is 17.2 Å². The van der Waals surface area contributed by atoms with Crippen molar-refractivity contribution in [2.75, 3.05) is 17.7 Å². The summed E-state index contributed by atoms with van der Waals surface area (Å²) in [4.78, 5) is 18.9. The fourth-order valence-corrected chi connectivity index (χ4v) is 2.35. The number of aryl methyl sites for hydroxylation is 2. The molecule has 2 aromatic rings. The molecule has 2 N–H and O–H groups in total. The molecule has 2 rings (SSSR count). The number of aromatic nitrogens is 2. The third-order valence-corrected chi connectivity index (χ3v) is 3.40. The van der Waals surface area contributed by atoms with Gasteiger partial charge in [-0.3, -0.25) is 10.1 Å². The van der Waals surface area contributed by atoms with Crippen molar-refractivity contribution in [3.05, 3.63) is 44.0 Å². The van der Waals surface area contributed by atoms with Gasteiger partial charge in [-0.1, -0.05) is 15.9 Å². The number of halogens is 1. The molecule has 0 unspecified atom stereocenters. The molecule has 1 heterocycles. The maximum absolute atomic E-state index is 11.2. The van der Waals surface area contributed by atoms with Gasteiger partial charge < -0.3 is 10.6 Å². The van der Waals surface area contributed by atoms with Crippen LogP contribution in [0.5, 0.6) is 0 Å². The molecular weight excluding hydrogens is 338 g/mol. The van der Waals surface area contributed by atoms with Crippen molar-refractivity contribution in [3.63, 3.8) is 0 Å². The molecule has 7 nitrogen and oxygen atoms in total. The largest absolute Gasteiger partial charge is 0.357 e. The number of hydrogen-bond donors (Lipinski definition) is 2. The summed E-state index contributed by atoms with van der Waals surface area (Å²) in [6, 6.07) is 5.61. The molecule has 0 spiro atoms. The van der Waals surface area contributed by atoms with Crippen molar-refractivity contribution >= 4 is 39.1 Å². The lowest BCUT2D eigenvalue weighted by molar-refractivity contribution is -0.385. The summed E-state index contributed by atoms with van der Waals surface area (Å²) in [5, 5.41) is 17.0. The number of nitrogens with one attached hydrogen (secondary N) is 2. The van der Waals surface area contributed by atoms with Crippen LogP contribution in [-0.4, -0.2) is 21.9 Å². The molecule has 0 bridgehead atoms. The fourth-order valence-electron chi connectivity index (χ4n) is 1.88. The summed E-state index contributed by atoms with van der Waals surface area (Å²) in [7, 11) is 1.66. The fraction of sp³-hybridized carbons (Fsp3) is 0.231. The lowest BCUT2D eigenvalue weighted by Crippen LogP contribution is -2.07. The minimum absolute atomic E-state index is 0.128. The molecule has 0 aliphatic rings. The SMILES string of the molecule is CNc1nc(C)c([N+](=O)[O-])c(Nc2ccc(Br)cc2C)n1. The molecule has 0 amide bonds. The smallest absolute Gasteiger partial charge is 0.332 e. The first-order valence-electron chi connectivity index (χ1n) is 6.16. The molecular formula is C13H14BrN5O2. The topological polar surface area (TPSA) is 93.0 Å². The molecule has 1 aromatic carbocycles. The summed E-state index contributed by atoms with van der Waals surface area (Å²) in [6.45, 7) is 3.49. The monoisotopic (exact) mass is 351 g/mol. The highest BCUT2D eigenvalue weighted by Crippen LogP contribution is 2.31. The summed E-state index contributed by atoms with van der Waals surface area (Å²) in [5.74, 6) is 0.498. The first-order valence-corrected chi connectivity index (χ1v) is 6.95. The molecule has 0 fully saturated rings. The van der Waals surface area contributed by atoms with Crippen molar-refractivity contribution in [3.8, 4) is 0 Å². The quantitative estimate of drug-likeness (QED) is 0.646. The average Bonchev–Trinajstić information content (AvgIpc) is 2.40. The van der Waals surface area contributed by atoms with Crippen LogP contribution >= 0.6 is 15.9 Å². The zero-order valence-electron chi connectivity index (χ0n) is 11.8. The predicted octanol–water partition coefficient (Wildman–Crippen LogP) is 3.55. The van der Waals surface area contributed by atoms with Gasteiger partial charge in [-0.05, 0) is 37.6 Å². The van der Waals surface area contributed by atoms with Crippen molar-refractivity contribution in [2.24, 2.45) is 0 Å². The Morgan fingerprint density at radius 2 is 2.00 bits per heavy atom. The Hall–Kier alpha value is -2.22. The highest BCUT2D eigenvalue weighted by molar-refractivity contribution is 9.10. The van der Waals surface area contributed by atoms with Crippen LogP contribution in [0.4, 0.5) is 23.1 Å². The second kappa shape index (κ2) is 6.04. The molecule has 110 valence electrons. The van der Waals surface area contributed by atoms with E-state index in [1.165, 1.54) is 0 Å². The van der Waals surface area contributed by atoms with Crippen LogP contribution in [0, 0.1) is 24.0 Å². The van der Waals surface area contributed by atoms with Crippen LogP contribution in [0.1, 0.15) is 11.3 Å². The second-order valence-corrected chi connectivity index (χ2v) is 5.34. The van der Waals surface area contributed by atoms with Crippen molar-refractivity contribution in [2.45, 2.75) is 13.8 Å². The van der Waals surface area contributed by atoms with Gasteiger partial charge in [-0.2, -0.15) is 4.98 Å². The van der Waals surface area contributed by atoms with Crippen molar-refractivity contribution in [1.82, 2.24) is 9.97 Å². The predicted molar refractivity (Wildman–Crippen MR) is 85.1 cm³/mol. The van der Waals surface area contributed by atoms with E-state index >= 15 is 0 Å². The van der Waals surface area contributed by atoms with Gasteiger partial charge in [0.1, 0.15) is 5.69 Å². The van der Waals surface area contributed by atoms with Gasteiger partial charge in [-0.15, -0.1) is 0 Å². The number of benzene rings is 1. The van der Waals surface area contributed by atoms with E-state index in [-0.39, 0.29) is 11.5 Å². The minimum atomic E-state index is -0.481. The van der Waals surface area contributed by atoms with Crippen LogP contribution in [0.15, 0.2) is 22.7 Å². The highest BCUT2D eigenvalue weighted by Gasteiger charge is 2.22. The summed E-state index contributed by atoms with van der Waals surface area (Å²) >= 11 is 3.38. The van der Waals surface area contributed by atoms with Gasteiger partial charge in [0.2, 0.25) is 11.8 Å². The first kappa shape index (κ1) is 15.2. The lowest BCUT2D eigenvalue weighted by Gasteiger charge is -2.11. The molecule has 21 heavy (non-hydrogen) atoms. The second-order valence-electron chi connectivity index (χ2n) is 4.42. The third-order valence-electron chi connectivity index (χ3n) is 2.91. The zero-order chi connectivity index (χ0) is 15.6. The lowest BCUT2D eigenvalue weighted by atomic mass is 10.2. The van der Waals surface area contributed by atoms with E-state index in [2.05, 4.69) is 36.5 Å². The van der Waals surface area contributed by atoms with Crippen LogP contribution in [0.3, 0.4) is 0 Å². The maximum Gasteiger partial charge on any atom is 0.332 e. The van der Waals surface area contributed by atoms with E-state index in [1.54, 1.807) is 14.0 Å². The molecule has 0 saturated heterocycles. The number of nitro groups is 1. The van der Waals surface area contributed by atoms with E-state index in [0.29, 0.717) is 11.6 Å². The molecule has 0 aliphatic heterocycles. The number of hydrogen-bond acceptors (Lipinski definition) is 6. The maximum atomic E-state index is 11.2. The van der Waals surface area contributed by atoms with Crippen LogP contribution in [-0.2, 0) is 0 Å². The van der Waals surface area contributed by atoms with Gasteiger partial charge in [-0.25, -0.2) is 4.98 Å². The van der Waals surface area contributed by atoms with Gasteiger partial charge in [0.15, 0.2) is 0 Å². The molecule has 8 heteroatoms. The van der Waals surface area contributed by atoms with E-state index in [4.69, 9.17) is 0 Å². The van der Waals surface area contributed by atoms with E-state index in [1.807, 2.05) is 25.1 Å². The van der Waals surface area contributed by atoms with E-state index in [0.717, 1.165) is 15.7 Å². The van der Waals surface area contributed by atoms with Crippen molar-refractivity contribution < 1.29 is 4.92 Å². The number of anilines is 3. The third kappa shape index (κ3) is 3.27. The van der Waals surface area contributed by atoms with Gasteiger partial charge >= 0.3 is 5.69 Å². The van der Waals surface area contributed by atoms with Gasteiger partial charge in [0.25, 0.3) is 0 Å². The van der Waals surface area contributed by atoms with Gasteiger partial charge in [0.05, 0.1) is 4.92 Å². The van der Waals surface area contributed by atoms with E-state index < -0.39 is 4.92 Å². The summed E-state index contributed by atoms with van der Waals surface area (Å²) < 4.78 is 0.940. The Morgan fingerprint density at radius 1 is 1.29 bits per heavy atom. The Bertz CT molecular complexity index is 705. The molecule has 1 aromatic heterocycles. The standard InChI is InChI=1S/C13H14BrN5O2/c1-7-6-9(14)4-5-10(7)17-12-11(19(20)21)8(2)16-13(15-3)18-12/h4-6H,1-3H3,(H2,15,16,17,18). The normalized spacial score (nSPS) is 10.3. The molecule has 0 radical (unpaired) electrons. The van der Waals surface area contributed by atoms with Crippen LogP contribution in [0.2, 0.25) is 0 Å². The number of rotatable bonds is 4. The Labute approximate surface area is 130 Å². The summed E-state index contributed by atoms with van der Waals surface area (Å²) in [5.41, 5.74) is 1.87. The molecule has 0 aliphatic carbocycles.